The van der Waals surface area contributed by atoms with E-state index in [0.717, 1.165) is 0 Å². The lowest BCUT2D eigenvalue weighted by atomic mass is 9.94. The van der Waals surface area contributed by atoms with Crippen molar-refractivity contribution in [1.29, 1.82) is 0 Å². The highest BCUT2D eigenvalue weighted by Crippen LogP contribution is 2.62. The molecule has 1 heterocycles. The summed E-state index contributed by atoms with van der Waals surface area (Å²) in [5, 5.41) is 3.67. The van der Waals surface area contributed by atoms with Gasteiger partial charge in [0.1, 0.15) is 5.76 Å². The van der Waals surface area contributed by atoms with E-state index in [-0.39, 0.29) is 13.0 Å². The highest BCUT2D eigenvalue weighted by molar-refractivity contribution is 5.42. The monoisotopic (exact) mass is 202 g/mol. The molecule has 0 spiro atoms. The van der Waals surface area contributed by atoms with Gasteiger partial charge in [-0.3, -0.25) is 0 Å². The predicted octanol–water partition coefficient (Wildman–Crippen LogP) is 1.53. The Hall–Kier alpha value is -0.970. The van der Waals surface area contributed by atoms with Crippen molar-refractivity contribution in [3.63, 3.8) is 0 Å². The first-order valence-corrected chi connectivity index (χ1v) is 4.46. The number of halogens is 2. The summed E-state index contributed by atoms with van der Waals surface area (Å²) in [6, 6.07) is 0. The van der Waals surface area contributed by atoms with Gasteiger partial charge >= 0.3 is 0 Å². The van der Waals surface area contributed by atoms with E-state index >= 15 is 0 Å². The Balaban J connectivity index is 2.50. The quantitative estimate of drug-likeness (QED) is 0.791. The molecular formula is C9H12F2N2O. The molecule has 1 aliphatic rings. The highest BCUT2D eigenvalue weighted by atomic mass is 19.3. The molecule has 2 rings (SSSR count). The fourth-order valence-electron chi connectivity index (χ4n) is 2.10. The fraction of sp³-hybridized carbons (Fsp3) is 0.667. The van der Waals surface area contributed by atoms with Crippen LogP contribution < -0.4 is 5.73 Å². The maximum atomic E-state index is 13.2. The lowest BCUT2D eigenvalue weighted by molar-refractivity contribution is 0.0891. The van der Waals surface area contributed by atoms with E-state index in [1.54, 1.807) is 13.8 Å². The van der Waals surface area contributed by atoms with Gasteiger partial charge in [0.25, 0.3) is 5.92 Å². The molecule has 0 saturated heterocycles. The molecule has 1 atom stereocenters. The van der Waals surface area contributed by atoms with Crippen LogP contribution in [0.1, 0.15) is 23.4 Å². The second-order valence-electron chi connectivity index (χ2n) is 3.87. The Labute approximate surface area is 80.3 Å². The van der Waals surface area contributed by atoms with Crippen LogP contribution in [0.25, 0.3) is 0 Å². The average Bonchev–Trinajstić information content (AvgIpc) is 2.49. The first-order chi connectivity index (χ1) is 6.44. The number of aromatic nitrogens is 1. The third-order valence-corrected chi connectivity index (χ3v) is 2.96. The lowest BCUT2D eigenvalue weighted by Gasteiger charge is -2.12. The number of alkyl halides is 2. The van der Waals surface area contributed by atoms with Gasteiger partial charge in [0, 0.05) is 18.5 Å². The second kappa shape index (κ2) is 2.53. The summed E-state index contributed by atoms with van der Waals surface area (Å²) < 4.78 is 31.3. The second-order valence-corrected chi connectivity index (χ2v) is 3.87. The summed E-state index contributed by atoms with van der Waals surface area (Å²) in [4.78, 5) is 0. The molecule has 0 aromatic carbocycles. The van der Waals surface area contributed by atoms with E-state index in [2.05, 4.69) is 5.16 Å². The summed E-state index contributed by atoms with van der Waals surface area (Å²) in [6.45, 7) is 3.24. The maximum absolute atomic E-state index is 13.2. The van der Waals surface area contributed by atoms with Crippen LogP contribution in [-0.2, 0) is 5.41 Å². The van der Waals surface area contributed by atoms with Crippen LogP contribution in [0.5, 0.6) is 0 Å². The van der Waals surface area contributed by atoms with Gasteiger partial charge in [0.2, 0.25) is 0 Å². The standard InChI is InChI=1S/C9H12F2N2O/c1-5-7(6(2)14-13-5)8(4-12)3-9(8,10)11/h3-4,12H2,1-2H3. The molecule has 2 N–H and O–H groups in total. The summed E-state index contributed by atoms with van der Waals surface area (Å²) in [5.41, 5.74) is 5.21. The minimum atomic E-state index is -2.71. The van der Waals surface area contributed by atoms with Crippen molar-refractivity contribution in [3.8, 4) is 0 Å². The van der Waals surface area contributed by atoms with Gasteiger partial charge in [-0.05, 0) is 13.8 Å². The van der Waals surface area contributed by atoms with E-state index in [1.165, 1.54) is 0 Å². The zero-order valence-corrected chi connectivity index (χ0v) is 8.10. The molecule has 0 aliphatic heterocycles. The molecule has 1 aromatic rings. The number of rotatable bonds is 2. The predicted molar refractivity (Wildman–Crippen MR) is 46.3 cm³/mol. The summed E-state index contributed by atoms with van der Waals surface area (Å²) in [6.07, 6.45) is -0.195. The molecule has 5 heteroatoms. The van der Waals surface area contributed by atoms with E-state index in [1.807, 2.05) is 0 Å². The van der Waals surface area contributed by atoms with Crippen LogP contribution in [0.2, 0.25) is 0 Å². The van der Waals surface area contributed by atoms with Crippen molar-refractivity contribution in [1.82, 2.24) is 5.16 Å². The van der Waals surface area contributed by atoms with Crippen LogP contribution >= 0.6 is 0 Å². The van der Waals surface area contributed by atoms with Crippen molar-refractivity contribution in [2.45, 2.75) is 31.6 Å². The molecule has 0 radical (unpaired) electrons. The van der Waals surface area contributed by atoms with Gasteiger partial charge in [-0.25, -0.2) is 8.78 Å². The Bertz CT molecular complexity index is 355. The van der Waals surface area contributed by atoms with Crippen LogP contribution in [0, 0.1) is 13.8 Å². The van der Waals surface area contributed by atoms with E-state index in [4.69, 9.17) is 10.3 Å². The highest BCUT2D eigenvalue weighted by Gasteiger charge is 2.72. The Morgan fingerprint density at radius 1 is 1.50 bits per heavy atom. The molecule has 3 nitrogen and oxygen atoms in total. The van der Waals surface area contributed by atoms with Crippen LogP contribution in [0.4, 0.5) is 8.78 Å². The summed E-state index contributed by atoms with van der Waals surface area (Å²) in [5.74, 6) is -2.26. The lowest BCUT2D eigenvalue weighted by Crippen LogP contribution is -2.27. The SMILES string of the molecule is Cc1noc(C)c1C1(CN)CC1(F)F. The number of hydrogen-bond acceptors (Lipinski definition) is 3. The van der Waals surface area contributed by atoms with Gasteiger partial charge in [-0.1, -0.05) is 5.16 Å². The Kier molecular flexibility index (Phi) is 1.73. The first-order valence-electron chi connectivity index (χ1n) is 4.46. The van der Waals surface area contributed by atoms with E-state index < -0.39 is 11.3 Å². The largest absolute Gasteiger partial charge is 0.361 e. The number of aryl methyl sites for hydroxylation is 2. The minimum Gasteiger partial charge on any atom is -0.361 e. The van der Waals surface area contributed by atoms with Gasteiger partial charge < -0.3 is 10.3 Å². The molecule has 1 aliphatic carbocycles. The van der Waals surface area contributed by atoms with Gasteiger partial charge in [0.15, 0.2) is 0 Å². The molecular weight excluding hydrogens is 190 g/mol. The van der Waals surface area contributed by atoms with Crippen molar-refractivity contribution in [3.05, 3.63) is 17.0 Å². The van der Waals surface area contributed by atoms with E-state index in [9.17, 15) is 8.78 Å². The Morgan fingerprint density at radius 2 is 2.07 bits per heavy atom. The number of hydrogen-bond donors (Lipinski definition) is 1. The Morgan fingerprint density at radius 3 is 2.36 bits per heavy atom. The molecule has 1 saturated carbocycles. The molecule has 78 valence electrons. The van der Waals surface area contributed by atoms with Gasteiger partial charge in [-0.2, -0.15) is 0 Å². The summed E-state index contributed by atoms with van der Waals surface area (Å²) in [7, 11) is 0. The van der Waals surface area contributed by atoms with Crippen molar-refractivity contribution < 1.29 is 13.3 Å². The van der Waals surface area contributed by atoms with Crippen molar-refractivity contribution >= 4 is 0 Å². The molecule has 1 aromatic heterocycles. The molecule has 0 bridgehead atoms. The molecule has 1 unspecified atom stereocenters. The van der Waals surface area contributed by atoms with Crippen LogP contribution in [0.3, 0.4) is 0 Å². The summed E-state index contributed by atoms with van der Waals surface area (Å²) >= 11 is 0. The maximum Gasteiger partial charge on any atom is 0.260 e. The minimum absolute atomic E-state index is 0.0666. The van der Waals surface area contributed by atoms with E-state index in [0.29, 0.717) is 17.0 Å². The molecule has 0 amide bonds. The van der Waals surface area contributed by atoms with Gasteiger partial charge in [0.05, 0.1) is 11.1 Å². The third-order valence-electron chi connectivity index (χ3n) is 2.96. The molecule has 1 fully saturated rings. The third kappa shape index (κ3) is 0.958. The molecule has 14 heavy (non-hydrogen) atoms. The smallest absolute Gasteiger partial charge is 0.260 e. The average molecular weight is 202 g/mol. The number of nitrogens with two attached hydrogens (primary N) is 1. The normalized spacial score (nSPS) is 29.2. The number of nitrogens with zero attached hydrogens (tertiary/aromatic N) is 1. The fourth-order valence-corrected chi connectivity index (χ4v) is 2.10. The van der Waals surface area contributed by atoms with Crippen molar-refractivity contribution in [2.75, 3.05) is 6.54 Å². The van der Waals surface area contributed by atoms with Crippen LogP contribution in [-0.4, -0.2) is 17.6 Å². The zero-order valence-electron chi connectivity index (χ0n) is 8.10. The topological polar surface area (TPSA) is 52.0 Å². The first kappa shape index (κ1) is 9.58. The van der Waals surface area contributed by atoms with Gasteiger partial charge in [-0.15, -0.1) is 0 Å². The van der Waals surface area contributed by atoms with Crippen molar-refractivity contribution in [2.24, 2.45) is 5.73 Å². The zero-order chi connectivity index (χ0) is 10.6. The van der Waals surface area contributed by atoms with Crippen LogP contribution in [0.15, 0.2) is 4.52 Å².